The second-order valence-corrected chi connectivity index (χ2v) is 9.63. The zero-order valence-corrected chi connectivity index (χ0v) is 16.9. The Morgan fingerprint density at radius 3 is 2.61 bits per heavy atom. The molecule has 3 aromatic rings. The van der Waals surface area contributed by atoms with Crippen LogP contribution >= 0.6 is 11.3 Å². The first kappa shape index (κ1) is 18.8. The summed E-state index contributed by atoms with van der Waals surface area (Å²) in [5.74, 6) is -0.210. The third kappa shape index (κ3) is 3.57. The van der Waals surface area contributed by atoms with Gasteiger partial charge < -0.3 is 0 Å². The molecule has 0 N–H and O–H groups in total. The van der Waals surface area contributed by atoms with Gasteiger partial charge in [-0.05, 0) is 55.2 Å². The number of anilines is 1. The summed E-state index contributed by atoms with van der Waals surface area (Å²) in [6.45, 7) is 0. The average Bonchev–Trinajstić information content (AvgIpc) is 3.22. The molecule has 0 aliphatic heterocycles. The fourth-order valence-corrected chi connectivity index (χ4v) is 4.84. The molecular formula is C20H19N3O3S2. The summed E-state index contributed by atoms with van der Waals surface area (Å²) in [5, 5.41) is 2.45. The molecule has 1 unspecified atom stereocenters. The Kier molecular flexibility index (Phi) is 4.99. The molecule has 6 nitrogen and oxygen atoms in total. The lowest BCUT2D eigenvalue weighted by molar-refractivity contribution is 0.0973. The third-order valence-electron chi connectivity index (χ3n) is 4.85. The van der Waals surface area contributed by atoms with Gasteiger partial charge in [0.05, 0.1) is 16.6 Å². The largest absolute Gasteiger partial charge is 0.275 e. The Labute approximate surface area is 167 Å². The van der Waals surface area contributed by atoms with Crippen molar-refractivity contribution in [2.45, 2.75) is 30.2 Å². The fourth-order valence-electron chi connectivity index (χ4n) is 3.52. The molecule has 0 radical (unpaired) electrons. The van der Waals surface area contributed by atoms with Crippen LogP contribution in [0.15, 0.2) is 59.1 Å². The molecule has 144 valence electrons. The zero-order valence-electron chi connectivity index (χ0n) is 15.3. The molecule has 0 saturated heterocycles. The minimum absolute atomic E-state index is 0.189. The molecule has 0 bridgehead atoms. The van der Waals surface area contributed by atoms with Crippen LogP contribution < -0.4 is 4.90 Å². The summed E-state index contributed by atoms with van der Waals surface area (Å²) in [6.07, 6.45) is 7.29. The fraction of sp³-hybridized carbons (Fsp3) is 0.250. The van der Waals surface area contributed by atoms with Gasteiger partial charge >= 0.3 is 0 Å². The smallest absolute Gasteiger partial charge is 0.260 e. The maximum Gasteiger partial charge on any atom is 0.260 e. The highest BCUT2D eigenvalue weighted by molar-refractivity contribution is 7.90. The van der Waals surface area contributed by atoms with E-state index in [9.17, 15) is 13.2 Å². The Morgan fingerprint density at radius 2 is 1.93 bits per heavy atom. The molecule has 8 heteroatoms. The van der Waals surface area contributed by atoms with Crippen molar-refractivity contribution in [2.24, 2.45) is 0 Å². The Bertz CT molecular complexity index is 1090. The van der Waals surface area contributed by atoms with E-state index < -0.39 is 9.84 Å². The van der Waals surface area contributed by atoms with Gasteiger partial charge in [0.1, 0.15) is 0 Å². The van der Waals surface area contributed by atoms with E-state index in [1.54, 1.807) is 29.4 Å². The van der Waals surface area contributed by atoms with E-state index in [4.69, 9.17) is 0 Å². The van der Waals surface area contributed by atoms with Crippen molar-refractivity contribution < 1.29 is 13.2 Å². The van der Waals surface area contributed by atoms with Crippen molar-refractivity contribution in [3.05, 3.63) is 71.0 Å². The van der Waals surface area contributed by atoms with Crippen molar-refractivity contribution >= 4 is 32.2 Å². The van der Waals surface area contributed by atoms with Crippen LogP contribution in [0.3, 0.4) is 0 Å². The van der Waals surface area contributed by atoms with Gasteiger partial charge in [0.25, 0.3) is 5.91 Å². The number of carbonyl (C=O) groups is 1. The number of rotatable bonds is 4. The van der Waals surface area contributed by atoms with Gasteiger partial charge in [-0.1, -0.05) is 6.07 Å². The molecule has 0 fully saturated rings. The van der Waals surface area contributed by atoms with E-state index in [1.165, 1.54) is 23.5 Å². The Morgan fingerprint density at radius 1 is 1.14 bits per heavy atom. The second kappa shape index (κ2) is 7.44. The zero-order chi connectivity index (χ0) is 19.7. The summed E-state index contributed by atoms with van der Waals surface area (Å²) in [7, 11) is -3.31. The van der Waals surface area contributed by atoms with Crippen molar-refractivity contribution in [3.63, 3.8) is 0 Å². The molecule has 2 aromatic heterocycles. The van der Waals surface area contributed by atoms with Gasteiger partial charge in [0, 0.05) is 29.6 Å². The maximum atomic E-state index is 13.4. The van der Waals surface area contributed by atoms with Crippen LogP contribution in [0.1, 0.15) is 40.5 Å². The molecular weight excluding hydrogens is 394 g/mol. The number of pyridine rings is 1. The number of sulfone groups is 1. The number of nitrogens with zero attached hydrogens (tertiary/aromatic N) is 3. The van der Waals surface area contributed by atoms with Crippen molar-refractivity contribution in [1.29, 1.82) is 0 Å². The van der Waals surface area contributed by atoms with Gasteiger partial charge in [-0.25, -0.2) is 13.4 Å². The number of fused-ring (bicyclic) bond motifs is 1. The number of aromatic nitrogens is 2. The summed E-state index contributed by atoms with van der Waals surface area (Å²) in [6, 6.07) is 9.83. The topological polar surface area (TPSA) is 80.2 Å². The van der Waals surface area contributed by atoms with Crippen molar-refractivity contribution in [1.82, 2.24) is 9.97 Å². The highest BCUT2D eigenvalue weighted by Crippen LogP contribution is 2.37. The molecule has 28 heavy (non-hydrogen) atoms. The molecule has 1 amide bonds. The number of benzene rings is 1. The summed E-state index contributed by atoms with van der Waals surface area (Å²) < 4.78 is 23.4. The van der Waals surface area contributed by atoms with Crippen molar-refractivity contribution in [3.8, 4) is 0 Å². The van der Waals surface area contributed by atoms with Crippen LogP contribution in [0.4, 0.5) is 5.13 Å². The second-order valence-electron chi connectivity index (χ2n) is 6.74. The minimum Gasteiger partial charge on any atom is -0.275 e. The lowest BCUT2D eigenvalue weighted by Crippen LogP contribution is -2.37. The first-order valence-corrected chi connectivity index (χ1v) is 11.7. The highest BCUT2D eigenvalue weighted by atomic mass is 32.2. The number of carbonyl (C=O) groups excluding carboxylic acids is 1. The van der Waals surface area contributed by atoms with Gasteiger partial charge in [-0.2, -0.15) is 0 Å². The van der Waals surface area contributed by atoms with E-state index in [0.717, 1.165) is 36.8 Å². The molecule has 1 aliphatic carbocycles. The maximum absolute atomic E-state index is 13.4. The quantitative estimate of drug-likeness (QED) is 0.652. The van der Waals surface area contributed by atoms with Crippen LogP contribution in [-0.4, -0.2) is 30.5 Å². The van der Waals surface area contributed by atoms with Gasteiger partial charge in [-0.15, -0.1) is 11.3 Å². The van der Waals surface area contributed by atoms with Crippen LogP contribution in [-0.2, 0) is 16.3 Å². The molecule has 1 aromatic carbocycles. The lowest BCUT2D eigenvalue weighted by Gasteiger charge is -2.33. The molecule has 1 aliphatic rings. The molecule has 0 saturated carbocycles. The van der Waals surface area contributed by atoms with Gasteiger partial charge in [0.15, 0.2) is 15.0 Å². The summed E-state index contributed by atoms with van der Waals surface area (Å²) >= 11 is 1.40. The Balaban J connectivity index is 1.75. The monoisotopic (exact) mass is 413 g/mol. The van der Waals surface area contributed by atoms with E-state index in [1.807, 2.05) is 11.4 Å². The highest BCUT2D eigenvalue weighted by Gasteiger charge is 2.33. The van der Waals surface area contributed by atoms with E-state index in [0.29, 0.717) is 10.7 Å². The van der Waals surface area contributed by atoms with Crippen LogP contribution in [0.25, 0.3) is 0 Å². The number of hydrogen-bond acceptors (Lipinski definition) is 6. The average molecular weight is 414 g/mol. The lowest BCUT2D eigenvalue weighted by atomic mass is 9.90. The standard InChI is InChI=1S/C20H19N3O3S2/c1-28(25,26)16-9-7-15(8-10-16)19(24)23(20-22-12-13-27-20)17-6-2-4-14-5-3-11-21-18(14)17/h3,5,7-13,17H,2,4,6H2,1H3. The summed E-state index contributed by atoms with van der Waals surface area (Å²) in [5.41, 5.74) is 2.48. The predicted octanol–water partition coefficient (Wildman–Crippen LogP) is 3.67. The number of aryl methyl sites for hydroxylation is 1. The van der Waals surface area contributed by atoms with Gasteiger partial charge in [-0.3, -0.25) is 14.7 Å². The number of thiazole rings is 1. The normalized spacial score (nSPS) is 16.4. The van der Waals surface area contributed by atoms with E-state index >= 15 is 0 Å². The SMILES string of the molecule is CS(=O)(=O)c1ccc(C(=O)N(c2nccs2)C2CCCc3cccnc32)cc1. The molecule has 4 rings (SSSR count). The van der Waals surface area contributed by atoms with Crippen molar-refractivity contribution in [2.75, 3.05) is 11.2 Å². The van der Waals surface area contributed by atoms with Crippen LogP contribution in [0.2, 0.25) is 0 Å². The van der Waals surface area contributed by atoms with E-state index in [2.05, 4.69) is 16.0 Å². The van der Waals surface area contributed by atoms with E-state index in [-0.39, 0.29) is 16.8 Å². The molecule has 0 spiro atoms. The first-order chi connectivity index (χ1) is 13.4. The molecule has 2 heterocycles. The third-order valence-corrected chi connectivity index (χ3v) is 6.75. The predicted molar refractivity (Wildman–Crippen MR) is 108 cm³/mol. The van der Waals surface area contributed by atoms with Crippen LogP contribution in [0.5, 0.6) is 0 Å². The Hall–Kier alpha value is -2.58. The first-order valence-electron chi connectivity index (χ1n) is 8.92. The minimum atomic E-state index is -3.31. The van der Waals surface area contributed by atoms with Crippen LogP contribution in [0, 0.1) is 0 Å². The van der Waals surface area contributed by atoms with Gasteiger partial charge in [0.2, 0.25) is 0 Å². The number of hydrogen-bond donors (Lipinski definition) is 0. The number of amides is 1. The summed E-state index contributed by atoms with van der Waals surface area (Å²) in [4.78, 5) is 24.2. The molecule has 1 atom stereocenters.